The summed E-state index contributed by atoms with van der Waals surface area (Å²) in [6.45, 7) is 3.88. The standard InChI is InChI=1S/C10H17N3O/c1-8(10-3-5-11-13(10)2)12-9-4-6-14-7-9/h3,5,8-9,12H,4,6-7H2,1-2H3. The van der Waals surface area contributed by atoms with Gasteiger partial charge in [0, 0.05) is 31.9 Å². The maximum absolute atomic E-state index is 5.32. The molecule has 2 atom stereocenters. The third-order valence-electron chi connectivity index (χ3n) is 2.72. The molecule has 1 fully saturated rings. The van der Waals surface area contributed by atoms with Crippen LogP contribution in [0.4, 0.5) is 0 Å². The van der Waals surface area contributed by atoms with Gasteiger partial charge >= 0.3 is 0 Å². The zero-order valence-electron chi connectivity index (χ0n) is 8.73. The number of nitrogens with one attached hydrogen (secondary N) is 1. The summed E-state index contributed by atoms with van der Waals surface area (Å²) in [5.74, 6) is 0. The molecule has 0 amide bonds. The molecule has 14 heavy (non-hydrogen) atoms. The lowest BCUT2D eigenvalue weighted by Crippen LogP contribution is -2.32. The van der Waals surface area contributed by atoms with Gasteiger partial charge in [-0.1, -0.05) is 0 Å². The Morgan fingerprint density at radius 3 is 3.14 bits per heavy atom. The summed E-state index contributed by atoms with van der Waals surface area (Å²) in [5.41, 5.74) is 1.22. The Morgan fingerprint density at radius 1 is 1.71 bits per heavy atom. The highest BCUT2D eigenvalue weighted by Crippen LogP contribution is 2.14. The summed E-state index contributed by atoms with van der Waals surface area (Å²) in [5, 5.41) is 7.69. The summed E-state index contributed by atoms with van der Waals surface area (Å²) in [6, 6.07) is 2.89. The summed E-state index contributed by atoms with van der Waals surface area (Å²) in [7, 11) is 1.97. The van der Waals surface area contributed by atoms with Crippen molar-refractivity contribution in [2.24, 2.45) is 7.05 Å². The monoisotopic (exact) mass is 195 g/mol. The fourth-order valence-electron chi connectivity index (χ4n) is 1.91. The van der Waals surface area contributed by atoms with Crippen molar-refractivity contribution in [2.45, 2.75) is 25.4 Å². The van der Waals surface area contributed by atoms with E-state index in [0.717, 1.165) is 19.6 Å². The highest BCUT2D eigenvalue weighted by Gasteiger charge is 2.19. The summed E-state index contributed by atoms with van der Waals surface area (Å²) in [4.78, 5) is 0. The van der Waals surface area contributed by atoms with Crippen molar-refractivity contribution in [1.82, 2.24) is 15.1 Å². The summed E-state index contributed by atoms with van der Waals surface area (Å²) in [6.07, 6.45) is 2.95. The molecule has 1 aliphatic rings. The second-order valence-electron chi connectivity index (χ2n) is 3.83. The van der Waals surface area contributed by atoms with E-state index in [9.17, 15) is 0 Å². The Hall–Kier alpha value is -0.870. The fourth-order valence-corrected chi connectivity index (χ4v) is 1.91. The van der Waals surface area contributed by atoms with Crippen molar-refractivity contribution in [1.29, 1.82) is 0 Å². The van der Waals surface area contributed by atoms with Gasteiger partial charge in [0.25, 0.3) is 0 Å². The molecule has 4 nitrogen and oxygen atoms in total. The van der Waals surface area contributed by atoms with E-state index in [1.807, 2.05) is 24.0 Å². The van der Waals surface area contributed by atoms with E-state index in [4.69, 9.17) is 4.74 Å². The molecule has 0 saturated carbocycles. The maximum Gasteiger partial charge on any atom is 0.0620 e. The van der Waals surface area contributed by atoms with E-state index in [1.54, 1.807) is 0 Å². The molecule has 1 saturated heterocycles. The van der Waals surface area contributed by atoms with Crippen LogP contribution in [0.1, 0.15) is 25.1 Å². The van der Waals surface area contributed by atoms with Crippen LogP contribution in [0.15, 0.2) is 12.3 Å². The molecule has 2 heterocycles. The minimum atomic E-state index is 0.342. The number of nitrogens with zero attached hydrogens (tertiary/aromatic N) is 2. The molecule has 0 radical (unpaired) electrons. The van der Waals surface area contributed by atoms with Gasteiger partial charge in [0.05, 0.1) is 12.3 Å². The normalized spacial score (nSPS) is 24.0. The first kappa shape index (κ1) is 9.68. The molecule has 0 aromatic carbocycles. The van der Waals surface area contributed by atoms with Crippen LogP contribution in [0.25, 0.3) is 0 Å². The molecule has 2 rings (SSSR count). The highest BCUT2D eigenvalue weighted by atomic mass is 16.5. The molecule has 0 bridgehead atoms. The summed E-state index contributed by atoms with van der Waals surface area (Å²) >= 11 is 0. The van der Waals surface area contributed by atoms with E-state index in [0.29, 0.717) is 12.1 Å². The van der Waals surface area contributed by atoms with E-state index >= 15 is 0 Å². The highest BCUT2D eigenvalue weighted by molar-refractivity contribution is 5.05. The average molecular weight is 195 g/mol. The van der Waals surface area contributed by atoms with Gasteiger partial charge in [0.1, 0.15) is 0 Å². The molecule has 1 aliphatic heterocycles. The van der Waals surface area contributed by atoms with Crippen molar-refractivity contribution in [3.8, 4) is 0 Å². The lowest BCUT2D eigenvalue weighted by Gasteiger charge is -2.18. The second-order valence-corrected chi connectivity index (χ2v) is 3.83. The number of rotatable bonds is 3. The van der Waals surface area contributed by atoms with Crippen LogP contribution in [0, 0.1) is 0 Å². The fraction of sp³-hybridized carbons (Fsp3) is 0.700. The van der Waals surface area contributed by atoms with Crippen LogP contribution >= 0.6 is 0 Å². The molecular weight excluding hydrogens is 178 g/mol. The average Bonchev–Trinajstić information content (AvgIpc) is 2.75. The van der Waals surface area contributed by atoms with Crippen LogP contribution in [0.3, 0.4) is 0 Å². The Labute approximate surface area is 84.3 Å². The third kappa shape index (κ3) is 1.96. The van der Waals surface area contributed by atoms with Crippen LogP contribution < -0.4 is 5.32 Å². The molecule has 1 aromatic rings. The number of aromatic nitrogens is 2. The van der Waals surface area contributed by atoms with Crippen molar-refractivity contribution >= 4 is 0 Å². The van der Waals surface area contributed by atoms with Gasteiger partial charge in [0.15, 0.2) is 0 Å². The maximum atomic E-state index is 5.32. The van der Waals surface area contributed by atoms with Crippen molar-refractivity contribution < 1.29 is 4.74 Å². The minimum absolute atomic E-state index is 0.342. The van der Waals surface area contributed by atoms with Gasteiger partial charge in [-0.25, -0.2) is 0 Å². The third-order valence-corrected chi connectivity index (χ3v) is 2.72. The van der Waals surface area contributed by atoms with Crippen molar-refractivity contribution in [3.63, 3.8) is 0 Å². The first-order valence-electron chi connectivity index (χ1n) is 5.09. The molecule has 1 N–H and O–H groups in total. The van der Waals surface area contributed by atoms with Crippen LogP contribution in [-0.4, -0.2) is 29.0 Å². The SMILES string of the molecule is CC(NC1CCOC1)c1ccnn1C. The zero-order chi connectivity index (χ0) is 9.97. The van der Waals surface area contributed by atoms with E-state index < -0.39 is 0 Å². The van der Waals surface area contributed by atoms with Crippen LogP contribution in [0.5, 0.6) is 0 Å². The van der Waals surface area contributed by atoms with Gasteiger partial charge in [-0.3, -0.25) is 4.68 Å². The number of ether oxygens (including phenoxy) is 1. The number of hydrogen-bond acceptors (Lipinski definition) is 3. The molecule has 0 aliphatic carbocycles. The van der Waals surface area contributed by atoms with Crippen molar-refractivity contribution in [2.75, 3.05) is 13.2 Å². The molecule has 0 spiro atoms. The molecular formula is C10H17N3O. The molecule has 1 aromatic heterocycles. The van der Waals surface area contributed by atoms with Gasteiger partial charge in [0.2, 0.25) is 0 Å². The van der Waals surface area contributed by atoms with Gasteiger partial charge < -0.3 is 10.1 Å². The Kier molecular flexibility index (Phi) is 2.84. The minimum Gasteiger partial charge on any atom is -0.380 e. The molecule has 78 valence electrons. The lowest BCUT2D eigenvalue weighted by atomic mass is 10.2. The first-order chi connectivity index (χ1) is 6.77. The molecule has 2 unspecified atom stereocenters. The van der Waals surface area contributed by atoms with Crippen LogP contribution in [-0.2, 0) is 11.8 Å². The van der Waals surface area contributed by atoms with E-state index in [1.165, 1.54) is 5.69 Å². The first-order valence-corrected chi connectivity index (χ1v) is 5.09. The molecule has 4 heteroatoms. The Morgan fingerprint density at radius 2 is 2.57 bits per heavy atom. The summed E-state index contributed by atoms with van der Waals surface area (Å²) < 4.78 is 7.23. The largest absolute Gasteiger partial charge is 0.380 e. The topological polar surface area (TPSA) is 39.1 Å². The number of aryl methyl sites for hydroxylation is 1. The van der Waals surface area contributed by atoms with E-state index in [-0.39, 0.29) is 0 Å². The van der Waals surface area contributed by atoms with E-state index in [2.05, 4.69) is 17.3 Å². The Bertz CT molecular complexity index is 291. The van der Waals surface area contributed by atoms with Gasteiger partial charge in [-0.15, -0.1) is 0 Å². The lowest BCUT2D eigenvalue weighted by molar-refractivity contribution is 0.188. The van der Waals surface area contributed by atoms with Crippen LogP contribution in [0.2, 0.25) is 0 Å². The van der Waals surface area contributed by atoms with Gasteiger partial charge in [-0.05, 0) is 19.4 Å². The quantitative estimate of drug-likeness (QED) is 0.777. The van der Waals surface area contributed by atoms with Gasteiger partial charge in [-0.2, -0.15) is 5.10 Å². The predicted octanol–water partition coefficient (Wildman–Crippen LogP) is 0.860. The second kappa shape index (κ2) is 4.11. The van der Waals surface area contributed by atoms with Crippen molar-refractivity contribution in [3.05, 3.63) is 18.0 Å². The smallest absolute Gasteiger partial charge is 0.0620 e. The zero-order valence-corrected chi connectivity index (χ0v) is 8.73. The number of hydrogen-bond donors (Lipinski definition) is 1. The Balaban J connectivity index is 1.95. The predicted molar refractivity (Wildman–Crippen MR) is 54.0 cm³/mol.